The summed E-state index contributed by atoms with van der Waals surface area (Å²) in [4.78, 5) is 6.72. The molecule has 0 atom stereocenters. The second-order valence-corrected chi connectivity index (χ2v) is 7.46. The molecular formula is C22H35IN6O2. The van der Waals surface area contributed by atoms with Crippen molar-refractivity contribution in [3.8, 4) is 5.75 Å². The maximum absolute atomic E-state index is 6.08. The van der Waals surface area contributed by atoms with E-state index >= 15 is 0 Å². The van der Waals surface area contributed by atoms with E-state index in [9.17, 15) is 0 Å². The molecule has 0 amide bonds. The monoisotopic (exact) mass is 542 g/mol. The number of aliphatic imine (C=N–C) groups is 1. The summed E-state index contributed by atoms with van der Waals surface area (Å²) in [6.07, 6.45) is 0. The molecule has 8 nitrogen and oxygen atoms in total. The summed E-state index contributed by atoms with van der Waals surface area (Å²) < 4.78 is 13.4. The highest BCUT2D eigenvalue weighted by Gasteiger charge is 2.12. The molecule has 2 N–H and O–H groups in total. The Hall–Kier alpha value is -1.85. The smallest absolute Gasteiger partial charge is 0.191 e. The van der Waals surface area contributed by atoms with Crippen molar-refractivity contribution in [1.29, 1.82) is 0 Å². The topological polar surface area (TPSA) is 75.9 Å². The Morgan fingerprint density at radius 2 is 1.87 bits per heavy atom. The van der Waals surface area contributed by atoms with Gasteiger partial charge < -0.3 is 20.1 Å². The molecule has 0 radical (unpaired) electrons. The van der Waals surface area contributed by atoms with Gasteiger partial charge in [0.15, 0.2) is 5.96 Å². The lowest BCUT2D eigenvalue weighted by Crippen LogP contribution is -2.38. The van der Waals surface area contributed by atoms with Crippen molar-refractivity contribution in [3.05, 3.63) is 46.8 Å². The van der Waals surface area contributed by atoms with Gasteiger partial charge in [0.1, 0.15) is 12.4 Å². The third-order valence-corrected chi connectivity index (χ3v) is 5.50. The van der Waals surface area contributed by atoms with Crippen LogP contribution >= 0.6 is 24.0 Å². The van der Waals surface area contributed by atoms with Crippen molar-refractivity contribution in [3.63, 3.8) is 0 Å². The summed E-state index contributed by atoms with van der Waals surface area (Å²) in [5.41, 5.74) is 4.51. The van der Waals surface area contributed by atoms with E-state index < -0.39 is 0 Å². The molecule has 1 fully saturated rings. The molecule has 0 aliphatic carbocycles. The fraction of sp³-hybridized carbons (Fsp3) is 0.545. The molecule has 1 aliphatic heterocycles. The lowest BCUT2D eigenvalue weighted by atomic mass is 10.2. The zero-order valence-electron chi connectivity index (χ0n) is 19.0. The van der Waals surface area contributed by atoms with E-state index in [4.69, 9.17) is 9.47 Å². The number of hydrogen-bond donors (Lipinski definition) is 2. The zero-order chi connectivity index (χ0) is 21.3. The molecule has 1 aromatic heterocycles. The van der Waals surface area contributed by atoms with Gasteiger partial charge >= 0.3 is 0 Å². The van der Waals surface area contributed by atoms with Gasteiger partial charge in [-0.25, -0.2) is 0 Å². The Kier molecular flexibility index (Phi) is 10.6. The number of halogens is 1. The predicted molar refractivity (Wildman–Crippen MR) is 134 cm³/mol. The highest BCUT2D eigenvalue weighted by atomic mass is 127. The van der Waals surface area contributed by atoms with E-state index in [0.29, 0.717) is 19.7 Å². The van der Waals surface area contributed by atoms with Crippen LogP contribution in [0.1, 0.15) is 22.5 Å². The van der Waals surface area contributed by atoms with Gasteiger partial charge in [-0.05, 0) is 19.9 Å². The molecule has 172 valence electrons. The van der Waals surface area contributed by atoms with Crippen molar-refractivity contribution in [2.24, 2.45) is 12.0 Å². The Labute approximate surface area is 202 Å². The molecule has 31 heavy (non-hydrogen) atoms. The van der Waals surface area contributed by atoms with Gasteiger partial charge in [0, 0.05) is 63.6 Å². The van der Waals surface area contributed by atoms with Gasteiger partial charge in [0.25, 0.3) is 0 Å². The van der Waals surface area contributed by atoms with E-state index in [1.54, 1.807) is 7.05 Å². The SMILES string of the molecule is CN=C(NCc1ccccc1OCCN1CCOCC1)NCc1c(C)nn(C)c1C.I. The van der Waals surface area contributed by atoms with Crippen LogP contribution in [0.15, 0.2) is 29.3 Å². The van der Waals surface area contributed by atoms with Crippen LogP contribution in [0.25, 0.3) is 0 Å². The van der Waals surface area contributed by atoms with E-state index in [2.05, 4.69) is 38.6 Å². The molecule has 2 aromatic rings. The second-order valence-electron chi connectivity index (χ2n) is 7.46. The Balaban J connectivity index is 0.00000341. The number of aryl methyl sites for hydroxylation is 2. The minimum atomic E-state index is 0. The molecule has 0 bridgehead atoms. The Bertz CT molecular complexity index is 849. The molecule has 0 spiro atoms. The van der Waals surface area contributed by atoms with Crippen LogP contribution < -0.4 is 15.4 Å². The highest BCUT2D eigenvalue weighted by Crippen LogP contribution is 2.18. The number of nitrogens with zero attached hydrogens (tertiary/aromatic N) is 4. The predicted octanol–water partition coefficient (Wildman–Crippen LogP) is 2.23. The van der Waals surface area contributed by atoms with E-state index in [1.807, 2.05) is 36.9 Å². The number of morpholine rings is 1. The first kappa shape index (κ1) is 25.4. The minimum absolute atomic E-state index is 0. The normalized spacial score (nSPS) is 14.8. The third-order valence-electron chi connectivity index (χ3n) is 5.50. The zero-order valence-corrected chi connectivity index (χ0v) is 21.3. The maximum atomic E-state index is 6.08. The van der Waals surface area contributed by atoms with E-state index in [-0.39, 0.29) is 24.0 Å². The van der Waals surface area contributed by atoms with Gasteiger partial charge in [-0.1, -0.05) is 18.2 Å². The molecule has 2 heterocycles. The number of hydrogen-bond acceptors (Lipinski definition) is 5. The van der Waals surface area contributed by atoms with Crippen LogP contribution in [0.3, 0.4) is 0 Å². The molecule has 1 saturated heterocycles. The summed E-state index contributed by atoms with van der Waals surface area (Å²) in [6, 6.07) is 8.15. The van der Waals surface area contributed by atoms with E-state index in [0.717, 1.165) is 61.5 Å². The summed E-state index contributed by atoms with van der Waals surface area (Å²) in [5.74, 6) is 1.66. The first-order valence-electron chi connectivity index (χ1n) is 10.5. The number of benzene rings is 1. The molecular weight excluding hydrogens is 507 g/mol. The Morgan fingerprint density at radius 1 is 1.16 bits per heavy atom. The maximum Gasteiger partial charge on any atom is 0.191 e. The number of para-hydroxylation sites is 1. The number of aromatic nitrogens is 2. The number of guanidine groups is 1. The lowest BCUT2D eigenvalue weighted by Gasteiger charge is -2.26. The van der Waals surface area contributed by atoms with Crippen molar-refractivity contribution in [2.45, 2.75) is 26.9 Å². The van der Waals surface area contributed by atoms with Gasteiger partial charge in [-0.2, -0.15) is 5.10 Å². The molecule has 0 saturated carbocycles. The van der Waals surface area contributed by atoms with Gasteiger partial charge in [-0.3, -0.25) is 14.6 Å². The van der Waals surface area contributed by atoms with Crippen LogP contribution in [-0.4, -0.2) is 67.1 Å². The second kappa shape index (κ2) is 12.9. The number of nitrogens with one attached hydrogen (secondary N) is 2. The summed E-state index contributed by atoms with van der Waals surface area (Å²) in [5, 5.41) is 11.2. The number of rotatable bonds is 8. The van der Waals surface area contributed by atoms with Crippen LogP contribution in [0.5, 0.6) is 5.75 Å². The fourth-order valence-corrected chi connectivity index (χ4v) is 3.55. The average Bonchev–Trinajstić information content (AvgIpc) is 3.01. The van der Waals surface area contributed by atoms with Crippen LogP contribution in [0.4, 0.5) is 0 Å². The quantitative estimate of drug-likeness (QED) is 0.303. The summed E-state index contributed by atoms with van der Waals surface area (Å²) in [7, 11) is 3.75. The number of ether oxygens (including phenoxy) is 2. The lowest BCUT2D eigenvalue weighted by molar-refractivity contribution is 0.0322. The standard InChI is InChI=1S/C22H34N6O2.HI/c1-17-20(18(2)27(4)26-17)16-25-22(23-3)24-15-19-7-5-6-8-21(19)30-14-11-28-9-12-29-13-10-28;/h5-8H,9-16H2,1-4H3,(H2,23,24,25);1H. The van der Waals surface area contributed by atoms with Gasteiger partial charge in [0.2, 0.25) is 0 Å². The van der Waals surface area contributed by atoms with Crippen molar-refractivity contribution in [1.82, 2.24) is 25.3 Å². The van der Waals surface area contributed by atoms with Crippen molar-refractivity contribution >= 4 is 29.9 Å². The summed E-state index contributed by atoms with van der Waals surface area (Å²) >= 11 is 0. The largest absolute Gasteiger partial charge is 0.492 e. The fourth-order valence-electron chi connectivity index (χ4n) is 3.55. The van der Waals surface area contributed by atoms with E-state index in [1.165, 1.54) is 5.56 Å². The van der Waals surface area contributed by atoms with Gasteiger partial charge in [0.05, 0.1) is 18.9 Å². The van der Waals surface area contributed by atoms with Gasteiger partial charge in [-0.15, -0.1) is 24.0 Å². The Morgan fingerprint density at radius 3 is 2.55 bits per heavy atom. The van der Waals surface area contributed by atoms with Crippen molar-refractivity contribution < 1.29 is 9.47 Å². The van der Waals surface area contributed by atoms with Crippen LogP contribution in [0.2, 0.25) is 0 Å². The summed E-state index contributed by atoms with van der Waals surface area (Å²) in [6.45, 7) is 10.6. The average molecular weight is 542 g/mol. The first-order chi connectivity index (χ1) is 14.6. The molecule has 1 aliphatic rings. The molecule has 3 rings (SSSR count). The van der Waals surface area contributed by atoms with Crippen LogP contribution in [0, 0.1) is 13.8 Å². The third kappa shape index (κ3) is 7.36. The van der Waals surface area contributed by atoms with Crippen LogP contribution in [-0.2, 0) is 24.9 Å². The van der Waals surface area contributed by atoms with Crippen molar-refractivity contribution in [2.75, 3.05) is 46.5 Å². The molecule has 1 aromatic carbocycles. The minimum Gasteiger partial charge on any atom is -0.492 e. The molecule has 0 unspecified atom stereocenters. The molecule has 9 heteroatoms. The first-order valence-corrected chi connectivity index (χ1v) is 10.5. The highest BCUT2D eigenvalue weighted by molar-refractivity contribution is 14.0.